The Morgan fingerprint density at radius 1 is 1.57 bits per heavy atom. The van der Waals surface area contributed by atoms with E-state index in [-0.39, 0.29) is 11.9 Å². The van der Waals surface area contributed by atoms with Crippen molar-refractivity contribution in [2.24, 2.45) is 5.92 Å². The molecule has 0 radical (unpaired) electrons. The lowest BCUT2D eigenvalue weighted by molar-refractivity contribution is -0.142. The van der Waals surface area contributed by atoms with Gasteiger partial charge in [0.25, 0.3) is 0 Å². The monoisotopic (exact) mass is 197 g/mol. The number of carbonyl (C=O) groups is 2. The molecule has 0 bridgehead atoms. The van der Waals surface area contributed by atoms with Crippen LogP contribution in [0.3, 0.4) is 0 Å². The molecule has 2 atom stereocenters. The summed E-state index contributed by atoms with van der Waals surface area (Å²) in [6, 6.07) is 0.335. The average Bonchev–Trinajstić information content (AvgIpc) is 2.66. The normalized spacial score (nSPS) is 30.6. The standard InChI is InChI=1S/C10H15NO3/c1-7(12)14-6-8-4-5-11-9(8)2-3-10(11)13/h8-9H,2-6H2,1H3/t8-,9+/m0/s1. The number of esters is 1. The molecule has 78 valence electrons. The van der Waals surface area contributed by atoms with Gasteiger partial charge in [0.15, 0.2) is 0 Å². The average molecular weight is 197 g/mol. The number of ether oxygens (including phenoxy) is 1. The van der Waals surface area contributed by atoms with Crippen LogP contribution in [0, 0.1) is 5.92 Å². The Balaban J connectivity index is 1.90. The summed E-state index contributed by atoms with van der Waals surface area (Å²) in [5.41, 5.74) is 0. The van der Waals surface area contributed by atoms with Crippen molar-refractivity contribution in [1.29, 1.82) is 0 Å². The van der Waals surface area contributed by atoms with Crippen LogP contribution in [0.4, 0.5) is 0 Å². The van der Waals surface area contributed by atoms with Gasteiger partial charge in [-0.05, 0) is 12.8 Å². The molecule has 0 spiro atoms. The van der Waals surface area contributed by atoms with Crippen molar-refractivity contribution in [3.63, 3.8) is 0 Å². The van der Waals surface area contributed by atoms with E-state index in [1.807, 2.05) is 4.90 Å². The van der Waals surface area contributed by atoms with Crippen LogP contribution in [-0.4, -0.2) is 36.0 Å². The molecule has 0 N–H and O–H groups in total. The minimum Gasteiger partial charge on any atom is -0.465 e. The summed E-state index contributed by atoms with van der Waals surface area (Å²) in [5.74, 6) is 0.401. The van der Waals surface area contributed by atoms with Crippen LogP contribution in [0.1, 0.15) is 26.2 Å². The van der Waals surface area contributed by atoms with E-state index in [4.69, 9.17) is 4.74 Å². The second-order valence-electron chi connectivity index (χ2n) is 4.04. The van der Waals surface area contributed by atoms with E-state index in [0.29, 0.717) is 25.0 Å². The molecule has 1 amide bonds. The first-order valence-electron chi connectivity index (χ1n) is 5.11. The Labute approximate surface area is 83.2 Å². The first kappa shape index (κ1) is 9.49. The van der Waals surface area contributed by atoms with Gasteiger partial charge < -0.3 is 9.64 Å². The van der Waals surface area contributed by atoms with Crippen LogP contribution in [0.15, 0.2) is 0 Å². The van der Waals surface area contributed by atoms with Gasteiger partial charge in [-0.1, -0.05) is 0 Å². The third kappa shape index (κ3) is 1.61. The molecule has 0 aromatic rings. The highest BCUT2D eigenvalue weighted by Gasteiger charge is 2.41. The summed E-state index contributed by atoms with van der Waals surface area (Å²) in [7, 11) is 0. The third-order valence-corrected chi connectivity index (χ3v) is 3.16. The zero-order valence-electron chi connectivity index (χ0n) is 8.36. The molecule has 0 aromatic carbocycles. The summed E-state index contributed by atoms with van der Waals surface area (Å²) in [6.45, 7) is 2.74. The fourth-order valence-corrected chi connectivity index (χ4v) is 2.45. The molecule has 0 aliphatic carbocycles. The van der Waals surface area contributed by atoms with Crippen LogP contribution < -0.4 is 0 Å². The Morgan fingerprint density at radius 2 is 2.36 bits per heavy atom. The molecule has 0 saturated carbocycles. The fourth-order valence-electron chi connectivity index (χ4n) is 2.45. The molecule has 2 fully saturated rings. The summed E-state index contributed by atoms with van der Waals surface area (Å²) < 4.78 is 4.99. The number of amides is 1. The molecule has 2 aliphatic rings. The van der Waals surface area contributed by atoms with Gasteiger partial charge in [-0.15, -0.1) is 0 Å². The zero-order chi connectivity index (χ0) is 10.1. The van der Waals surface area contributed by atoms with Crippen molar-refractivity contribution in [2.75, 3.05) is 13.2 Å². The minimum absolute atomic E-state index is 0.229. The van der Waals surface area contributed by atoms with Gasteiger partial charge in [-0.3, -0.25) is 9.59 Å². The molecule has 2 heterocycles. The molecule has 2 rings (SSSR count). The zero-order valence-corrected chi connectivity index (χ0v) is 8.36. The van der Waals surface area contributed by atoms with Crippen LogP contribution in [0.5, 0.6) is 0 Å². The molecule has 14 heavy (non-hydrogen) atoms. The van der Waals surface area contributed by atoms with Gasteiger partial charge in [0.1, 0.15) is 0 Å². The summed E-state index contributed by atoms with van der Waals surface area (Å²) in [6.07, 6.45) is 2.58. The van der Waals surface area contributed by atoms with E-state index in [2.05, 4.69) is 0 Å². The smallest absolute Gasteiger partial charge is 0.302 e. The van der Waals surface area contributed by atoms with Gasteiger partial charge in [0.2, 0.25) is 5.91 Å². The van der Waals surface area contributed by atoms with E-state index < -0.39 is 0 Å². The van der Waals surface area contributed by atoms with Crippen molar-refractivity contribution in [1.82, 2.24) is 4.90 Å². The molecular formula is C10H15NO3. The van der Waals surface area contributed by atoms with Crippen LogP contribution in [0.2, 0.25) is 0 Å². The lowest BCUT2D eigenvalue weighted by Gasteiger charge is -2.19. The van der Waals surface area contributed by atoms with Crippen LogP contribution in [-0.2, 0) is 14.3 Å². The Kier molecular flexibility index (Phi) is 2.44. The number of fused-ring (bicyclic) bond motifs is 1. The van der Waals surface area contributed by atoms with E-state index in [9.17, 15) is 9.59 Å². The summed E-state index contributed by atoms with van der Waals surface area (Å²) >= 11 is 0. The lowest BCUT2D eigenvalue weighted by atomic mass is 9.99. The van der Waals surface area contributed by atoms with E-state index in [1.54, 1.807) is 0 Å². The second kappa shape index (κ2) is 3.59. The first-order valence-corrected chi connectivity index (χ1v) is 5.11. The predicted octanol–water partition coefficient (Wildman–Crippen LogP) is 0.560. The SMILES string of the molecule is CC(=O)OC[C@@H]1CCN2C(=O)CC[C@H]12. The van der Waals surface area contributed by atoms with Gasteiger partial charge in [0.05, 0.1) is 6.61 Å². The van der Waals surface area contributed by atoms with Crippen LogP contribution >= 0.6 is 0 Å². The highest BCUT2D eigenvalue weighted by molar-refractivity contribution is 5.79. The minimum atomic E-state index is -0.229. The summed E-state index contributed by atoms with van der Waals surface area (Å²) in [4.78, 5) is 24.0. The largest absolute Gasteiger partial charge is 0.465 e. The van der Waals surface area contributed by atoms with Crippen molar-refractivity contribution in [2.45, 2.75) is 32.2 Å². The van der Waals surface area contributed by atoms with Crippen molar-refractivity contribution in [3.8, 4) is 0 Å². The quantitative estimate of drug-likeness (QED) is 0.608. The van der Waals surface area contributed by atoms with Crippen molar-refractivity contribution in [3.05, 3.63) is 0 Å². The van der Waals surface area contributed by atoms with Gasteiger partial charge in [-0.2, -0.15) is 0 Å². The Bertz CT molecular complexity index is 264. The number of nitrogens with zero attached hydrogens (tertiary/aromatic N) is 1. The van der Waals surface area contributed by atoms with E-state index in [1.165, 1.54) is 6.92 Å². The van der Waals surface area contributed by atoms with E-state index >= 15 is 0 Å². The van der Waals surface area contributed by atoms with Crippen molar-refractivity contribution >= 4 is 11.9 Å². The Hall–Kier alpha value is -1.06. The fraction of sp³-hybridized carbons (Fsp3) is 0.800. The lowest BCUT2D eigenvalue weighted by Crippen LogP contribution is -2.31. The van der Waals surface area contributed by atoms with E-state index in [0.717, 1.165) is 19.4 Å². The molecule has 0 unspecified atom stereocenters. The number of hydrogen-bond acceptors (Lipinski definition) is 3. The second-order valence-corrected chi connectivity index (χ2v) is 4.04. The maximum Gasteiger partial charge on any atom is 0.302 e. The Morgan fingerprint density at radius 3 is 3.07 bits per heavy atom. The third-order valence-electron chi connectivity index (χ3n) is 3.16. The topological polar surface area (TPSA) is 46.6 Å². The molecule has 2 saturated heterocycles. The molecule has 4 nitrogen and oxygen atoms in total. The molecular weight excluding hydrogens is 182 g/mol. The van der Waals surface area contributed by atoms with Gasteiger partial charge in [0, 0.05) is 31.8 Å². The maximum atomic E-state index is 11.4. The molecule has 0 aromatic heterocycles. The van der Waals surface area contributed by atoms with Gasteiger partial charge in [-0.25, -0.2) is 0 Å². The first-order chi connectivity index (χ1) is 6.68. The molecule has 4 heteroatoms. The predicted molar refractivity (Wildman–Crippen MR) is 49.5 cm³/mol. The maximum absolute atomic E-state index is 11.4. The number of rotatable bonds is 2. The van der Waals surface area contributed by atoms with Crippen molar-refractivity contribution < 1.29 is 14.3 Å². The summed E-state index contributed by atoms with van der Waals surface area (Å²) in [5, 5.41) is 0. The highest BCUT2D eigenvalue weighted by Crippen LogP contribution is 2.33. The van der Waals surface area contributed by atoms with Crippen LogP contribution in [0.25, 0.3) is 0 Å². The molecule has 2 aliphatic heterocycles. The van der Waals surface area contributed by atoms with Gasteiger partial charge >= 0.3 is 5.97 Å². The number of carbonyl (C=O) groups excluding carboxylic acids is 2. The number of hydrogen-bond donors (Lipinski definition) is 0. The highest BCUT2D eigenvalue weighted by atomic mass is 16.5.